The summed E-state index contributed by atoms with van der Waals surface area (Å²) >= 11 is 0. The molecule has 0 aromatic rings. The number of nitrogens with two attached hydrogens (primary N) is 1. The molecule has 5 heteroatoms. The molecule has 2 atom stereocenters. The van der Waals surface area contributed by atoms with E-state index >= 15 is 0 Å². The van der Waals surface area contributed by atoms with Crippen LogP contribution in [-0.2, 0) is 9.59 Å². The molecule has 0 aliphatic heterocycles. The number of hydrogen-bond acceptors (Lipinski definition) is 2. The van der Waals surface area contributed by atoms with Crippen molar-refractivity contribution < 1.29 is 18.4 Å². The van der Waals surface area contributed by atoms with Gasteiger partial charge in [-0.1, -0.05) is 6.08 Å². The number of carbonyl (C=O) groups excluding carboxylic acids is 2. The van der Waals surface area contributed by atoms with Gasteiger partial charge in [0.25, 0.3) is 0 Å². The van der Waals surface area contributed by atoms with Crippen LogP contribution in [0.5, 0.6) is 0 Å². The number of halogens is 2. The first-order valence-corrected chi connectivity index (χ1v) is 3.43. The minimum Gasteiger partial charge on any atom is -0.368 e. The van der Waals surface area contributed by atoms with E-state index in [-0.39, 0.29) is 0 Å². The molecule has 0 saturated carbocycles. The normalized spacial score (nSPS) is 32.5. The second kappa shape index (κ2) is 3.08. The monoisotopic (exact) mass is 186 g/mol. The van der Waals surface area contributed by atoms with Crippen molar-refractivity contribution >= 4 is 12.2 Å². The predicted octanol–water partition coefficient (Wildman–Crippen LogP) is 0.329. The molecule has 2 N–H and O–H groups in total. The van der Waals surface area contributed by atoms with Crippen LogP contribution in [0.1, 0.15) is 0 Å². The van der Waals surface area contributed by atoms with Crippen LogP contribution in [-0.4, -0.2) is 18.4 Å². The first kappa shape index (κ1) is 9.57. The molecule has 0 aromatic carbocycles. The van der Waals surface area contributed by atoms with E-state index in [9.17, 15) is 18.4 Å². The van der Waals surface area contributed by atoms with E-state index in [0.29, 0.717) is 0 Å². The molecule has 13 heavy (non-hydrogen) atoms. The molecular weight excluding hydrogens is 180 g/mol. The molecule has 0 spiro atoms. The number of hydrogen-bond donors (Lipinski definition) is 1. The number of amides is 1. The molecule has 1 aliphatic carbocycles. The first-order valence-electron chi connectivity index (χ1n) is 3.43. The van der Waals surface area contributed by atoms with Crippen molar-refractivity contribution in [2.45, 2.75) is 6.17 Å². The second-order valence-corrected chi connectivity index (χ2v) is 2.58. The van der Waals surface area contributed by atoms with Gasteiger partial charge in [-0.15, -0.1) is 0 Å². The summed E-state index contributed by atoms with van der Waals surface area (Å²) in [6.45, 7) is 0. The van der Waals surface area contributed by atoms with E-state index in [2.05, 4.69) is 0 Å². The Morgan fingerprint density at radius 1 is 1.69 bits per heavy atom. The van der Waals surface area contributed by atoms with Gasteiger partial charge in [-0.25, -0.2) is 8.78 Å². The lowest BCUT2D eigenvalue weighted by molar-refractivity contribution is -0.125. The molecule has 1 amide bonds. The number of primary amides is 1. The van der Waals surface area contributed by atoms with Gasteiger partial charge < -0.3 is 5.73 Å². The van der Waals surface area contributed by atoms with Crippen LogP contribution in [0.3, 0.4) is 0 Å². The Morgan fingerprint density at radius 2 is 2.31 bits per heavy atom. The van der Waals surface area contributed by atoms with E-state index in [4.69, 9.17) is 5.73 Å². The molecule has 2 unspecified atom stereocenters. The number of rotatable bonds is 2. The quantitative estimate of drug-likeness (QED) is 0.631. The third-order valence-electron chi connectivity index (χ3n) is 1.86. The van der Waals surface area contributed by atoms with Gasteiger partial charge in [0.05, 0.1) is 0 Å². The molecule has 0 aromatic heterocycles. The van der Waals surface area contributed by atoms with Crippen LogP contribution in [0.15, 0.2) is 24.1 Å². The number of carbonyl (C=O) groups is 1. The van der Waals surface area contributed by atoms with Gasteiger partial charge in [-0.05, 0) is 12.2 Å². The Labute approximate surface area is 72.9 Å². The summed E-state index contributed by atoms with van der Waals surface area (Å²) in [4.78, 5) is 21.1. The molecule has 0 saturated heterocycles. The van der Waals surface area contributed by atoms with Crippen LogP contribution in [0.2, 0.25) is 0 Å². The third-order valence-corrected chi connectivity index (χ3v) is 1.86. The molecule has 69 valence electrons. The van der Waals surface area contributed by atoms with Crippen molar-refractivity contribution in [3.8, 4) is 0 Å². The van der Waals surface area contributed by atoms with Crippen LogP contribution in [0, 0.1) is 5.41 Å². The molecule has 3 nitrogen and oxygen atoms in total. The van der Waals surface area contributed by atoms with Crippen molar-refractivity contribution in [2.24, 2.45) is 11.1 Å². The van der Waals surface area contributed by atoms with Gasteiger partial charge in [0.15, 0.2) is 0 Å². The molecule has 1 rings (SSSR count). The standard InChI is InChI=1S/C8H6F2NO2/c9-5-2-1-3-6(10)8(5,4-12)7(11)13/h1-3,5H,(H2,11,13). The fourth-order valence-corrected chi connectivity index (χ4v) is 1.05. The van der Waals surface area contributed by atoms with Gasteiger partial charge in [0.2, 0.25) is 17.6 Å². The smallest absolute Gasteiger partial charge is 0.241 e. The zero-order valence-corrected chi connectivity index (χ0v) is 6.46. The highest BCUT2D eigenvalue weighted by molar-refractivity contribution is 6.00. The van der Waals surface area contributed by atoms with E-state index in [1.807, 2.05) is 0 Å². The highest BCUT2D eigenvalue weighted by Crippen LogP contribution is 2.35. The van der Waals surface area contributed by atoms with Crippen LogP contribution < -0.4 is 5.73 Å². The van der Waals surface area contributed by atoms with Crippen LogP contribution >= 0.6 is 0 Å². The van der Waals surface area contributed by atoms with Crippen LogP contribution in [0.25, 0.3) is 0 Å². The first-order chi connectivity index (χ1) is 6.05. The summed E-state index contributed by atoms with van der Waals surface area (Å²) in [5.41, 5.74) is 2.15. The Balaban J connectivity index is 3.24. The Kier molecular flexibility index (Phi) is 2.27. The van der Waals surface area contributed by atoms with Gasteiger partial charge in [0.1, 0.15) is 12.0 Å². The van der Waals surface area contributed by atoms with Crippen molar-refractivity contribution in [3.05, 3.63) is 24.1 Å². The lowest BCUT2D eigenvalue weighted by atomic mass is 9.79. The molecule has 0 heterocycles. The maximum atomic E-state index is 13.1. The molecule has 0 bridgehead atoms. The van der Waals surface area contributed by atoms with Gasteiger partial charge in [0, 0.05) is 0 Å². The second-order valence-electron chi connectivity index (χ2n) is 2.58. The summed E-state index contributed by atoms with van der Waals surface area (Å²) in [5, 5.41) is 0. The molecule has 1 radical (unpaired) electrons. The average Bonchev–Trinajstić information content (AvgIpc) is 2.05. The van der Waals surface area contributed by atoms with E-state index < -0.39 is 23.3 Å². The SMILES string of the molecule is NC(=O)C1([C]=O)C(F)=CC=CC1F. The summed E-state index contributed by atoms with van der Waals surface area (Å²) in [6, 6.07) is 0. The molecule has 1 aliphatic rings. The Bertz CT molecular complexity index is 311. The van der Waals surface area contributed by atoms with Crippen molar-refractivity contribution in [3.63, 3.8) is 0 Å². The Hall–Kier alpha value is -1.52. The minimum absolute atomic E-state index is 0.811. The lowest BCUT2D eigenvalue weighted by Gasteiger charge is -2.25. The zero-order valence-electron chi connectivity index (χ0n) is 6.46. The zero-order chi connectivity index (χ0) is 10.1. The molecular formula is C8H6F2NO2. The highest BCUT2D eigenvalue weighted by Gasteiger charge is 2.50. The average molecular weight is 186 g/mol. The summed E-state index contributed by atoms with van der Waals surface area (Å²) in [7, 11) is 0. The highest BCUT2D eigenvalue weighted by atomic mass is 19.1. The minimum atomic E-state index is -2.59. The van der Waals surface area contributed by atoms with Crippen molar-refractivity contribution in [2.75, 3.05) is 0 Å². The van der Waals surface area contributed by atoms with E-state index in [1.165, 1.54) is 0 Å². The largest absolute Gasteiger partial charge is 0.368 e. The third kappa shape index (κ3) is 1.16. The summed E-state index contributed by atoms with van der Waals surface area (Å²) in [6.07, 6.45) is 1.69. The number of alkyl halides is 1. The van der Waals surface area contributed by atoms with E-state index in [1.54, 1.807) is 0 Å². The maximum Gasteiger partial charge on any atom is 0.241 e. The summed E-state index contributed by atoms with van der Waals surface area (Å²) < 4.78 is 26.1. The topological polar surface area (TPSA) is 60.2 Å². The van der Waals surface area contributed by atoms with Crippen molar-refractivity contribution in [1.82, 2.24) is 0 Å². The van der Waals surface area contributed by atoms with E-state index in [0.717, 1.165) is 24.5 Å². The number of allylic oxidation sites excluding steroid dienone is 3. The van der Waals surface area contributed by atoms with Crippen molar-refractivity contribution in [1.29, 1.82) is 0 Å². The summed E-state index contributed by atoms with van der Waals surface area (Å²) in [5.74, 6) is -2.60. The van der Waals surface area contributed by atoms with Gasteiger partial charge in [-0.2, -0.15) is 0 Å². The predicted molar refractivity (Wildman–Crippen MR) is 40.5 cm³/mol. The molecule has 0 fully saturated rings. The Morgan fingerprint density at radius 3 is 2.62 bits per heavy atom. The fraction of sp³-hybridized carbons (Fsp3) is 0.250. The van der Waals surface area contributed by atoms with Crippen LogP contribution in [0.4, 0.5) is 8.78 Å². The van der Waals surface area contributed by atoms with Gasteiger partial charge in [-0.3, -0.25) is 9.59 Å². The lowest BCUT2D eigenvalue weighted by Crippen LogP contribution is -2.46. The maximum absolute atomic E-state index is 13.1. The van der Waals surface area contributed by atoms with Gasteiger partial charge >= 0.3 is 0 Å². The fourth-order valence-electron chi connectivity index (χ4n) is 1.05.